The average molecular weight is 291 g/mol. The van der Waals surface area contributed by atoms with Crippen LogP contribution < -0.4 is 9.47 Å². The normalized spacial score (nSPS) is 18.2. The van der Waals surface area contributed by atoms with Crippen LogP contribution in [0.25, 0.3) is 0 Å². The van der Waals surface area contributed by atoms with E-state index in [-0.39, 0.29) is 6.10 Å². The van der Waals surface area contributed by atoms with Crippen LogP contribution in [-0.4, -0.2) is 18.3 Å². The molecule has 4 heteroatoms. The van der Waals surface area contributed by atoms with Crippen molar-refractivity contribution >= 4 is 11.6 Å². The molecule has 0 aromatic heterocycles. The van der Waals surface area contributed by atoms with Crippen molar-refractivity contribution in [1.82, 2.24) is 0 Å². The minimum absolute atomic E-state index is 0.320. The smallest absolute Gasteiger partial charge is 0.133 e. The molecule has 0 bridgehead atoms. The van der Waals surface area contributed by atoms with Crippen molar-refractivity contribution in [3.05, 3.63) is 58.6 Å². The van der Waals surface area contributed by atoms with E-state index in [2.05, 4.69) is 0 Å². The minimum atomic E-state index is -0.781. The third-order valence-electron chi connectivity index (χ3n) is 3.53. The maximum absolute atomic E-state index is 10.6. The molecule has 0 amide bonds. The highest BCUT2D eigenvalue weighted by molar-refractivity contribution is 6.30. The standard InChI is InChI=1S/C16H15ClO3/c1-19-14-7-6-11(17)9-12(14)16(18)15-8-10-4-2-3-5-13(10)20-15/h2-7,9,15-16,18H,8H2,1H3. The van der Waals surface area contributed by atoms with Gasteiger partial charge in [0.25, 0.3) is 0 Å². The van der Waals surface area contributed by atoms with E-state index in [1.165, 1.54) is 0 Å². The first-order chi connectivity index (χ1) is 9.69. The van der Waals surface area contributed by atoms with Crippen molar-refractivity contribution in [2.45, 2.75) is 18.6 Å². The van der Waals surface area contributed by atoms with Crippen LogP contribution in [0.15, 0.2) is 42.5 Å². The predicted octanol–water partition coefficient (Wildman–Crippen LogP) is 3.39. The van der Waals surface area contributed by atoms with Gasteiger partial charge in [0.2, 0.25) is 0 Å². The van der Waals surface area contributed by atoms with Crippen LogP contribution in [0.5, 0.6) is 11.5 Å². The summed E-state index contributed by atoms with van der Waals surface area (Å²) in [5, 5.41) is 11.1. The number of aliphatic hydroxyl groups is 1. The van der Waals surface area contributed by atoms with E-state index in [1.807, 2.05) is 24.3 Å². The summed E-state index contributed by atoms with van der Waals surface area (Å²) in [7, 11) is 1.57. The Bertz CT molecular complexity index is 602. The Kier molecular flexibility index (Phi) is 3.55. The summed E-state index contributed by atoms with van der Waals surface area (Å²) in [5.74, 6) is 1.44. The quantitative estimate of drug-likeness (QED) is 0.942. The molecule has 0 spiro atoms. The van der Waals surface area contributed by atoms with Gasteiger partial charge in [0.15, 0.2) is 0 Å². The van der Waals surface area contributed by atoms with E-state index in [0.29, 0.717) is 22.8 Å². The lowest BCUT2D eigenvalue weighted by molar-refractivity contribution is 0.0475. The molecular weight excluding hydrogens is 276 g/mol. The van der Waals surface area contributed by atoms with Gasteiger partial charge in [0.1, 0.15) is 23.7 Å². The number of hydrogen-bond donors (Lipinski definition) is 1. The zero-order valence-electron chi connectivity index (χ0n) is 11.0. The van der Waals surface area contributed by atoms with Gasteiger partial charge in [0, 0.05) is 17.0 Å². The summed E-state index contributed by atoms with van der Waals surface area (Å²) >= 11 is 6.01. The molecule has 0 saturated carbocycles. The lowest BCUT2D eigenvalue weighted by Crippen LogP contribution is -2.23. The Morgan fingerprint density at radius 1 is 1.30 bits per heavy atom. The van der Waals surface area contributed by atoms with E-state index in [9.17, 15) is 5.11 Å². The third kappa shape index (κ3) is 2.35. The van der Waals surface area contributed by atoms with Gasteiger partial charge in [0.05, 0.1) is 7.11 Å². The fourth-order valence-corrected chi connectivity index (χ4v) is 2.70. The summed E-state index contributed by atoms with van der Waals surface area (Å²) < 4.78 is 11.1. The average Bonchev–Trinajstić information content (AvgIpc) is 2.90. The van der Waals surface area contributed by atoms with Crippen molar-refractivity contribution in [1.29, 1.82) is 0 Å². The summed E-state index contributed by atoms with van der Waals surface area (Å²) in [6, 6.07) is 13.0. The number of para-hydroxylation sites is 1. The Morgan fingerprint density at radius 2 is 2.10 bits per heavy atom. The maximum atomic E-state index is 10.6. The second kappa shape index (κ2) is 5.35. The Balaban J connectivity index is 1.88. The van der Waals surface area contributed by atoms with Crippen LogP contribution in [0.2, 0.25) is 5.02 Å². The first kappa shape index (κ1) is 13.3. The van der Waals surface area contributed by atoms with E-state index in [4.69, 9.17) is 21.1 Å². The van der Waals surface area contributed by atoms with Gasteiger partial charge in [-0.05, 0) is 29.8 Å². The zero-order chi connectivity index (χ0) is 14.1. The first-order valence-corrected chi connectivity index (χ1v) is 6.83. The van der Waals surface area contributed by atoms with Gasteiger partial charge in [-0.2, -0.15) is 0 Å². The van der Waals surface area contributed by atoms with Crippen molar-refractivity contribution in [3.8, 4) is 11.5 Å². The number of ether oxygens (including phenoxy) is 2. The van der Waals surface area contributed by atoms with Gasteiger partial charge in [-0.1, -0.05) is 29.8 Å². The van der Waals surface area contributed by atoms with Crippen LogP contribution in [0.1, 0.15) is 17.2 Å². The highest BCUT2D eigenvalue weighted by Gasteiger charge is 2.31. The molecule has 0 radical (unpaired) electrons. The third-order valence-corrected chi connectivity index (χ3v) is 3.77. The molecule has 1 aliphatic heterocycles. The van der Waals surface area contributed by atoms with Gasteiger partial charge < -0.3 is 14.6 Å². The van der Waals surface area contributed by atoms with Gasteiger partial charge in [-0.15, -0.1) is 0 Å². The predicted molar refractivity (Wildman–Crippen MR) is 77.5 cm³/mol. The highest BCUT2D eigenvalue weighted by atomic mass is 35.5. The summed E-state index contributed by atoms with van der Waals surface area (Å²) in [5.41, 5.74) is 1.76. The number of fused-ring (bicyclic) bond motifs is 1. The second-order valence-electron chi connectivity index (χ2n) is 4.80. The van der Waals surface area contributed by atoms with E-state index >= 15 is 0 Å². The number of hydrogen-bond acceptors (Lipinski definition) is 3. The Morgan fingerprint density at radius 3 is 2.85 bits per heavy atom. The van der Waals surface area contributed by atoms with Crippen LogP contribution in [0.4, 0.5) is 0 Å². The van der Waals surface area contributed by atoms with Crippen LogP contribution in [0.3, 0.4) is 0 Å². The van der Waals surface area contributed by atoms with Gasteiger partial charge in [-0.25, -0.2) is 0 Å². The lowest BCUT2D eigenvalue weighted by atomic mass is 9.99. The lowest BCUT2D eigenvalue weighted by Gasteiger charge is -2.20. The van der Waals surface area contributed by atoms with E-state index in [1.54, 1.807) is 25.3 Å². The monoisotopic (exact) mass is 290 g/mol. The largest absolute Gasteiger partial charge is 0.496 e. The summed E-state index contributed by atoms with van der Waals surface area (Å²) in [6.45, 7) is 0. The SMILES string of the molecule is COc1ccc(Cl)cc1C(O)C1Cc2ccccc2O1. The number of benzene rings is 2. The second-order valence-corrected chi connectivity index (χ2v) is 5.24. The molecule has 1 aliphatic rings. The van der Waals surface area contributed by atoms with Crippen LogP contribution in [0, 0.1) is 0 Å². The molecule has 20 heavy (non-hydrogen) atoms. The van der Waals surface area contributed by atoms with Crippen molar-refractivity contribution < 1.29 is 14.6 Å². The molecule has 2 atom stereocenters. The Hall–Kier alpha value is -1.71. The number of aliphatic hydroxyl groups excluding tert-OH is 1. The molecule has 3 nitrogen and oxygen atoms in total. The fourth-order valence-electron chi connectivity index (χ4n) is 2.52. The molecule has 1 heterocycles. The molecular formula is C16H15ClO3. The van der Waals surface area contributed by atoms with Gasteiger partial charge >= 0.3 is 0 Å². The molecule has 0 aliphatic carbocycles. The van der Waals surface area contributed by atoms with E-state index < -0.39 is 6.10 Å². The van der Waals surface area contributed by atoms with Crippen LogP contribution >= 0.6 is 11.6 Å². The molecule has 0 saturated heterocycles. The molecule has 3 rings (SSSR count). The molecule has 2 unspecified atom stereocenters. The molecule has 0 fully saturated rings. The zero-order valence-corrected chi connectivity index (χ0v) is 11.8. The molecule has 2 aromatic rings. The van der Waals surface area contributed by atoms with Crippen molar-refractivity contribution in [2.24, 2.45) is 0 Å². The van der Waals surface area contributed by atoms with Crippen molar-refractivity contribution in [3.63, 3.8) is 0 Å². The first-order valence-electron chi connectivity index (χ1n) is 6.45. The Labute approximate surface area is 122 Å². The highest BCUT2D eigenvalue weighted by Crippen LogP contribution is 2.37. The van der Waals surface area contributed by atoms with Crippen molar-refractivity contribution in [2.75, 3.05) is 7.11 Å². The number of rotatable bonds is 3. The fraction of sp³-hybridized carbons (Fsp3) is 0.250. The minimum Gasteiger partial charge on any atom is -0.496 e. The topological polar surface area (TPSA) is 38.7 Å². The van der Waals surface area contributed by atoms with Crippen LogP contribution in [-0.2, 0) is 6.42 Å². The summed E-state index contributed by atoms with van der Waals surface area (Å²) in [6.07, 6.45) is -0.427. The summed E-state index contributed by atoms with van der Waals surface area (Å²) in [4.78, 5) is 0. The maximum Gasteiger partial charge on any atom is 0.133 e. The number of methoxy groups -OCH3 is 1. The molecule has 1 N–H and O–H groups in total. The van der Waals surface area contributed by atoms with Gasteiger partial charge in [-0.3, -0.25) is 0 Å². The molecule has 104 valence electrons. The number of halogens is 1. The molecule has 2 aromatic carbocycles. The van der Waals surface area contributed by atoms with E-state index in [0.717, 1.165) is 11.3 Å².